The molecule has 13 heavy (non-hydrogen) atoms. The first kappa shape index (κ1) is 8.00. The number of hydrogen-bond donors (Lipinski definition) is 1. The SMILES string of the molecule is NC1(Cc2ccccc2)N=NN=N1. The van der Waals surface area contributed by atoms with E-state index in [9.17, 15) is 0 Å². The third-order valence-corrected chi connectivity index (χ3v) is 1.78. The van der Waals surface area contributed by atoms with Gasteiger partial charge < -0.3 is 0 Å². The predicted molar refractivity (Wildman–Crippen MR) is 46.8 cm³/mol. The van der Waals surface area contributed by atoms with Crippen molar-refractivity contribution in [3.63, 3.8) is 0 Å². The molecule has 1 aromatic carbocycles. The molecular formula is C8H9N5. The van der Waals surface area contributed by atoms with Gasteiger partial charge in [-0.05, 0) is 16.0 Å². The van der Waals surface area contributed by atoms with Crippen LogP contribution in [-0.2, 0) is 6.42 Å². The van der Waals surface area contributed by atoms with E-state index in [-0.39, 0.29) is 0 Å². The Bertz CT molecular complexity index is 331. The second-order valence-electron chi connectivity index (χ2n) is 2.92. The van der Waals surface area contributed by atoms with Crippen molar-refractivity contribution in [3.8, 4) is 0 Å². The van der Waals surface area contributed by atoms with Gasteiger partial charge in [0.05, 0.1) is 0 Å². The highest BCUT2D eigenvalue weighted by Crippen LogP contribution is 2.18. The summed E-state index contributed by atoms with van der Waals surface area (Å²) in [5.41, 5.74) is 6.84. The first-order chi connectivity index (χ1) is 6.29. The van der Waals surface area contributed by atoms with Crippen molar-refractivity contribution in [3.05, 3.63) is 35.9 Å². The molecule has 2 N–H and O–H groups in total. The molecule has 0 radical (unpaired) electrons. The summed E-state index contributed by atoms with van der Waals surface area (Å²) in [6.07, 6.45) is 0.529. The van der Waals surface area contributed by atoms with Crippen LogP contribution in [0.15, 0.2) is 51.0 Å². The van der Waals surface area contributed by atoms with Crippen molar-refractivity contribution in [1.29, 1.82) is 0 Å². The van der Waals surface area contributed by atoms with E-state index in [1.807, 2.05) is 30.3 Å². The molecule has 0 aliphatic carbocycles. The number of nitrogens with two attached hydrogens (primary N) is 1. The Balaban J connectivity index is 2.15. The maximum absolute atomic E-state index is 5.77. The lowest BCUT2D eigenvalue weighted by Crippen LogP contribution is -2.35. The Kier molecular flexibility index (Phi) is 1.86. The minimum Gasteiger partial charge on any atom is -0.285 e. The Morgan fingerprint density at radius 3 is 2.31 bits per heavy atom. The maximum Gasteiger partial charge on any atom is 0.248 e. The standard InChI is InChI=1S/C8H9N5/c9-8(10-12-13-11-8)6-7-4-2-1-3-5-7/h1-5H,6,9H2. The van der Waals surface area contributed by atoms with Crippen molar-refractivity contribution in [2.45, 2.75) is 12.2 Å². The minimum absolute atomic E-state index is 0.529. The molecule has 0 saturated carbocycles. The van der Waals surface area contributed by atoms with Gasteiger partial charge in [-0.1, -0.05) is 30.3 Å². The molecule has 0 bridgehead atoms. The second-order valence-corrected chi connectivity index (χ2v) is 2.92. The average molecular weight is 175 g/mol. The molecule has 1 aliphatic heterocycles. The summed E-state index contributed by atoms with van der Waals surface area (Å²) in [7, 11) is 0. The van der Waals surface area contributed by atoms with Crippen molar-refractivity contribution in [1.82, 2.24) is 0 Å². The molecule has 0 saturated heterocycles. The largest absolute Gasteiger partial charge is 0.285 e. The highest BCUT2D eigenvalue weighted by Gasteiger charge is 2.27. The Morgan fingerprint density at radius 2 is 1.69 bits per heavy atom. The number of benzene rings is 1. The Morgan fingerprint density at radius 1 is 1.08 bits per heavy atom. The summed E-state index contributed by atoms with van der Waals surface area (Å²) < 4.78 is 0. The number of hydrogen-bond acceptors (Lipinski definition) is 5. The quantitative estimate of drug-likeness (QED) is 0.729. The Labute approximate surface area is 75.4 Å². The predicted octanol–water partition coefficient (Wildman–Crippen LogP) is 1.67. The van der Waals surface area contributed by atoms with Crippen LogP contribution in [0.4, 0.5) is 0 Å². The zero-order valence-corrected chi connectivity index (χ0v) is 6.96. The maximum atomic E-state index is 5.77. The number of rotatable bonds is 2. The van der Waals surface area contributed by atoms with Crippen LogP contribution in [0.5, 0.6) is 0 Å². The molecule has 0 fully saturated rings. The fourth-order valence-corrected chi connectivity index (χ4v) is 1.18. The van der Waals surface area contributed by atoms with E-state index in [4.69, 9.17) is 5.73 Å². The topological polar surface area (TPSA) is 75.5 Å². The summed E-state index contributed by atoms with van der Waals surface area (Å²) in [4.78, 5) is 0. The zero-order chi connectivity index (χ0) is 9.15. The van der Waals surface area contributed by atoms with Crippen molar-refractivity contribution in [2.24, 2.45) is 26.4 Å². The molecule has 0 atom stereocenters. The van der Waals surface area contributed by atoms with E-state index in [1.54, 1.807) is 0 Å². The van der Waals surface area contributed by atoms with Crippen LogP contribution in [0.2, 0.25) is 0 Å². The lowest BCUT2D eigenvalue weighted by Gasteiger charge is -2.12. The van der Waals surface area contributed by atoms with E-state index in [0.717, 1.165) is 5.56 Å². The minimum atomic E-state index is -0.985. The zero-order valence-electron chi connectivity index (χ0n) is 6.96. The van der Waals surface area contributed by atoms with Gasteiger partial charge >= 0.3 is 0 Å². The third kappa shape index (κ3) is 1.75. The molecule has 0 spiro atoms. The van der Waals surface area contributed by atoms with E-state index in [2.05, 4.69) is 20.7 Å². The summed E-state index contributed by atoms with van der Waals surface area (Å²) in [6, 6.07) is 9.78. The molecule has 66 valence electrons. The lowest BCUT2D eigenvalue weighted by atomic mass is 10.1. The van der Waals surface area contributed by atoms with Crippen LogP contribution in [0.1, 0.15) is 5.56 Å². The van der Waals surface area contributed by atoms with Crippen LogP contribution in [0.3, 0.4) is 0 Å². The summed E-state index contributed by atoms with van der Waals surface area (Å²) >= 11 is 0. The molecule has 0 amide bonds. The first-order valence-corrected chi connectivity index (χ1v) is 3.95. The molecule has 1 aromatic rings. The van der Waals surface area contributed by atoms with Crippen molar-refractivity contribution < 1.29 is 0 Å². The van der Waals surface area contributed by atoms with Crippen molar-refractivity contribution in [2.75, 3.05) is 0 Å². The van der Waals surface area contributed by atoms with Gasteiger partial charge in [-0.3, -0.25) is 5.73 Å². The van der Waals surface area contributed by atoms with E-state index < -0.39 is 5.79 Å². The van der Waals surface area contributed by atoms with E-state index in [0.29, 0.717) is 6.42 Å². The molecule has 1 heterocycles. The highest BCUT2D eigenvalue weighted by atomic mass is 15.6. The lowest BCUT2D eigenvalue weighted by molar-refractivity contribution is 0.458. The summed E-state index contributed by atoms with van der Waals surface area (Å²) in [6.45, 7) is 0. The van der Waals surface area contributed by atoms with E-state index in [1.165, 1.54) is 0 Å². The third-order valence-electron chi connectivity index (χ3n) is 1.78. The summed E-state index contributed by atoms with van der Waals surface area (Å²) in [5.74, 6) is -0.985. The van der Waals surface area contributed by atoms with Crippen LogP contribution in [0.25, 0.3) is 0 Å². The molecule has 0 unspecified atom stereocenters. The summed E-state index contributed by atoms with van der Waals surface area (Å²) in [5, 5.41) is 14.2. The van der Waals surface area contributed by atoms with Gasteiger partial charge in [0.2, 0.25) is 5.79 Å². The van der Waals surface area contributed by atoms with Gasteiger partial charge in [0, 0.05) is 6.42 Å². The molecule has 5 nitrogen and oxygen atoms in total. The van der Waals surface area contributed by atoms with Gasteiger partial charge in [-0.15, -0.1) is 10.2 Å². The van der Waals surface area contributed by atoms with Gasteiger partial charge in [0.15, 0.2) is 0 Å². The molecular weight excluding hydrogens is 166 g/mol. The van der Waals surface area contributed by atoms with Gasteiger partial charge in [-0.2, -0.15) is 0 Å². The fourth-order valence-electron chi connectivity index (χ4n) is 1.18. The van der Waals surface area contributed by atoms with Crippen LogP contribution < -0.4 is 5.73 Å². The van der Waals surface area contributed by atoms with Crippen LogP contribution >= 0.6 is 0 Å². The molecule has 0 aromatic heterocycles. The average Bonchev–Trinajstić information content (AvgIpc) is 2.54. The normalized spacial score (nSPS) is 17.9. The fraction of sp³-hybridized carbons (Fsp3) is 0.250. The molecule has 5 heteroatoms. The van der Waals surface area contributed by atoms with Crippen LogP contribution in [0, 0.1) is 0 Å². The van der Waals surface area contributed by atoms with Gasteiger partial charge in [-0.25, -0.2) is 0 Å². The number of nitrogens with zero attached hydrogens (tertiary/aromatic N) is 4. The Hall–Kier alpha value is -1.62. The van der Waals surface area contributed by atoms with Gasteiger partial charge in [0.1, 0.15) is 0 Å². The van der Waals surface area contributed by atoms with Crippen LogP contribution in [-0.4, -0.2) is 5.79 Å². The smallest absolute Gasteiger partial charge is 0.248 e. The molecule has 2 rings (SSSR count). The monoisotopic (exact) mass is 175 g/mol. The van der Waals surface area contributed by atoms with E-state index >= 15 is 0 Å². The second kappa shape index (κ2) is 3.02. The molecule has 1 aliphatic rings. The highest BCUT2D eigenvalue weighted by molar-refractivity contribution is 5.17. The first-order valence-electron chi connectivity index (χ1n) is 3.95. The van der Waals surface area contributed by atoms with Gasteiger partial charge in [0.25, 0.3) is 0 Å². The van der Waals surface area contributed by atoms with Crippen molar-refractivity contribution >= 4 is 0 Å².